The number of rotatable bonds is 5. The predicted octanol–water partition coefficient (Wildman–Crippen LogP) is -0.0613. The molecule has 0 bridgehead atoms. The van der Waals surface area contributed by atoms with E-state index in [0.717, 1.165) is 18.8 Å². The molecular formula is C12H21N2O3S+. The van der Waals surface area contributed by atoms with Crippen LogP contribution in [0.5, 0.6) is 0 Å². The lowest BCUT2D eigenvalue weighted by molar-refractivity contribution is -0.935. The third-order valence-electron chi connectivity index (χ3n) is 3.42. The average Bonchev–Trinajstić information content (AvgIpc) is 2.83. The summed E-state index contributed by atoms with van der Waals surface area (Å²) in [6, 6.07) is 3.86. The minimum absolute atomic E-state index is 0.0787. The van der Waals surface area contributed by atoms with Crippen molar-refractivity contribution >= 4 is 10.0 Å². The number of sulfonamides is 1. The second-order valence-electron chi connectivity index (χ2n) is 4.91. The van der Waals surface area contributed by atoms with Gasteiger partial charge in [-0.25, -0.2) is 13.1 Å². The van der Waals surface area contributed by atoms with E-state index in [1.54, 1.807) is 6.26 Å². The zero-order chi connectivity index (χ0) is 13.0. The molecule has 1 atom stereocenters. The van der Waals surface area contributed by atoms with Crippen LogP contribution >= 0.6 is 0 Å². The van der Waals surface area contributed by atoms with Gasteiger partial charge in [0, 0.05) is 0 Å². The van der Waals surface area contributed by atoms with Crippen LogP contribution in [0.15, 0.2) is 22.8 Å². The van der Waals surface area contributed by atoms with Gasteiger partial charge in [0.1, 0.15) is 0 Å². The van der Waals surface area contributed by atoms with Crippen molar-refractivity contribution in [1.82, 2.24) is 4.72 Å². The molecule has 0 spiro atoms. The summed E-state index contributed by atoms with van der Waals surface area (Å²) >= 11 is 0. The van der Waals surface area contributed by atoms with E-state index in [9.17, 15) is 8.42 Å². The fourth-order valence-corrected chi connectivity index (χ4v) is 2.99. The molecular weight excluding hydrogens is 252 g/mol. The summed E-state index contributed by atoms with van der Waals surface area (Å²) in [4.78, 5) is 1.41. The first-order valence-electron chi connectivity index (χ1n) is 6.39. The van der Waals surface area contributed by atoms with E-state index in [1.807, 2.05) is 12.1 Å². The molecule has 0 aliphatic carbocycles. The molecule has 0 radical (unpaired) electrons. The molecule has 2 N–H and O–H groups in total. The number of furan rings is 1. The Morgan fingerprint density at radius 1 is 1.39 bits per heavy atom. The highest BCUT2D eigenvalue weighted by Crippen LogP contribution is 2.11. The molecule has 1 aromatic heterocycles. The second kappa shape index (κ2) is 5.86. The number of nitrogens with one attached hydrogen (secondary N) is 2. The predicted molar refractivity (Wildman–Crippen MR) is 68.8 cm³/mol. The Hall–Kier alpha value is -0.850. The van der Waals surface area contributed by atoms with E-state index >= 15 is 0 Å². The molecule has 6 heteroatoms. The van der Waals surface area contributed by atoms with Gasteiger partial charge in [0.15, 0.2) is 11.8 Å². The first-order valence-corrected chi connectivity index (χ1v) is 8.28. The third kappa shape index (κ3) is 3.83. The Labute approximate surface area is 108 Å². The molecule has 1 fully saturated rings. The van der Waals surface area contributed by atoms with Crippen molar-refractivity contribution < 1.29 is 17.7 Å². The van der Waals surface area contributed by atoms with Crippen LogP contribution in [0, 0.1) is 0 Å². The lowest BCUT2D eigenvalue weighted by atomic mass is 10.1. The van der Waals surface area contributed by atoms with Crippen LogP contribution in [0.4, 0.5) is 0 Å². The minimum atomic E-state index is -3.15. The molecule has 1 aromatic rings. The summed E-state index contributed by atoms with van der Waals surface area (Å²) in [7, 11) is -3.15. The number of likely N-dealkylation sites (tertiary alicyclic amines) is 1. The summed E-state index contributed by atoms with van der Waals surface area (Å²) in [6.45, 7) is 2.56. The summed E-state index contributed by atoms with van der Waals surface area (Å²) in [6.07, 6.45) is 6.51. The standard InChI is InChI=1S/C12H20N2O3S/c1-18(15,16)13-10-11(12-6-5-9-17-12)14-7-3-2-4-8-14/h5-6,9,11,13H,2-4,7-8,10H2,1H3/p+1/t11-/m0/s1. The van der Waals surface area contributed by atoms with Gasteiger partial charge in [-0.2, -0.15) is 0 Å². The number of hydrogen-bond acceptors (Lipinski definition) is 3. The highest BCUT2D eigenvalue weighted by molar-refractivity contribution is 7.88. The first kappa shape index (κ1) is 13.6. The Morgan fingerprint density at radius 3 is 2.67 bits per heavy atom. The molecule has 18 heavy (non-hydrogen) atoms. The highest BCUT2D eigenvalue weighted by atomic mass is 32.2. The molecule has 102 valence electrons. The molecule has 0 saturated carbocycles. The van der Waals surface area contributed by atoms with E-state index in [2.05, 4.69) is 4.72 Å². The van der Waals surface area contributed by atoms with E-state index in [-0.39, 0.29) is 6.04 Å². The third-order valence-corrected chi connectivity index (χ3v) is 4.12. The fraction of sp³-hybridized carbons (Fsp3) is 0.667. The Kier molecular flexibility index (Phi) is 4.42. The van der Waals surface area contributed by atoms with Crippen LogP contribution in [-0.4, -0.2) is 34.3 Å². The molecule has 1 aliphatic rings. The van der Waals surface area contributed by atoms with Crippen LogP contribution in [0.25, 0.3) is 0 Å². The summed E-state index contributed by atoms with van der Waals surface area (Å²) in [5.74, 6) is 0.864. The molecule has 1 aliphatic heterocycles. The second-order valence-corrected chi connectivity index (χ2v) is 6.74. The molecule has 5 nitrogen and oxygen atoms in total. The van der Waals surface area contributed by atoms with Crippen LogP contribution < -0.4 is 9.62 Å². The molecule has 0 aromatic carbocycles. The quantitative estimate of drug-likeness (QED) is 0.790. The van der Waals surface area contributed by atoms with Gasteiger partial charge in [-0.05, 0) is 31.4 Å². The molecule has 1 saturated heterocycles. The van der Waals surface area contributed by atoms with Gasteiger partial charge < -0.3 is 9.32 Å². The maximum atomic E-state index is 11.2. The molecule has 0 amide bonds. The van der Waals surface area contributed by atoms with Crippen molar-refractivity contribution in [2.24, 2.45) is 0 Å². The summed E-state index contributed by atoms with van der Waals surface area (Å²) in [5, 5.41) is 0. The monoisotopic (exact) mass is 273 g/mol. The Morgan fingerprint density at radius 2 is 2.11 bits per heavy atom. The smallest absolute Gasteiger partial charge is 0.208 e. The van der Waals surface area contributed by atoms with Crippen molar-refractivity contribution in [1.29, 1.82) is 0 Å². The zero-order valence-electron chi connectivity index (χ0n) is 10.7. The van der Waals surface area contributed by atoms with Gasteiger partial charge in [0.2, 0.25) is 10.0 Å². The Balaban J connectivity index is 2.07. The van der Waals surface area contributed by atoms with Gasteiger partial charge in [0.25, 0.3) is 0 Å². The van der Waals surface area contributed by atoms with Crippen LogP contribution in [0.2, 0.25) is 0 Å². The summed E-state index contributed by atoms with van der Waals surface area (Å²) < 4.78 is 30.5. The van der Waals surface area contributed by atoms with Gasteiger partial charge in [-0.1, -0.05) is 0 Å². The van der Waals surface area contributed by atoms with E-state index < -0.39 is 10.0 Å². The fourth-order valence-electron chi connectivity index (χ4n) is 2.52. The number of hydrogen-bond donors (Lipinski definition) is 2. The topological polar surface area (TPSA) is 63.8 Å². The van der Waals surface area contributed by atoms with E-state index in [4.69, 9.17) is 4.42 Å². The maximum Gasteiger partial charge on any atom is 0.208 e. The van der Waals surface area contributed by atoms with Gasteiger partial charge in [-0.15, -0.1) is 0 Å². The number of piperidine rings is 1. The Bertz CT molecular complexity index is 450. The zero-order valence-corrected chi connectivity index (χ0v) is 11.5. The highest BCUT2D eigenvalue weighted by Gasteiger charge is 2.28. The van der Waals surface area contributed by atoms with Crippen molar-refractivity contribution in [3.63, 3.8) is 0 Å². The number of quaternary nitrogens is 1. The lowest BCUT2D eigenvalue weighted by Crippen LogP contribution is -3.13. The van der Waals surface area contributed by atoms with E-state index in [1.165, 1.54) is 30.4 Å². The SMILES string of the molecule is CS(=O)(=O)NC[C@@H](c1ccco1)[NH+]1CCCCC1. The maximum absolute atomic E-state index is 11.2. The first-order chi connectivity index (χ1) is 8.56. The largest absolute Gasteiger partial charge is 0.463 e. The van der Waals surface area contributed by atoms with Crippen molar-refractivity contribution in [2.45, 2.75) is 25.3 Å². The van der Waals surface area contributed by atoms with Gasteiger partial charge >= 0.3 is 0 Å². The van der Waals surface area contributed by atoms with Crippen molar-refractivity contribution in [3.8, 4) is 0 Å². The van der Waals surface area contributed by atoms with Gasteiger partial charge in [0.05, 0.1) is 32.2 Å². The van der Waals surface area contributed by atoms with Gasteiger partial charge in [-0.3, -0.25) is 0 Å². The van der Waals surface area contributed by atoms with Crippen molar-refractivity contribution in [3.05, 3.63) is 24.2 Å². The summed E-state index contributed by atoms with van der Waals surface area (Å²) in [5.41, 5.74) is 0. The molecule has 2 rings (SSSR count). The van der Waals surface area contributed by atoms with Crippen LogP contribution in [-0.2, 0) is 10.0 Å². The average molecular weight is 273 g/mol. The van der Waals surface area contributed by atoms with Crippen LogP contribution in [0.3, 0.4) is 0 Å². The molecule has 2 heterocycles. The normalized spacial score (nSPS) is 19.8. The van der Waals surface area contributed by atoms with Crippen molar-refractivity contribution in [2.75, 3.05) is 25.9 Å². The lowest BCUT2D eigenvalue weighted by Gasteiger charge is -2.30. The minimum Gasteiger partial charge on any atom is -0.463 e. The molecule has 0 unspecified atom stereocenters. The van der Waals surface area contributed by atoms with Crippen LogP contribution in [0.1, 0.15) is 31.1 Å². The van der Waals surface area contributed by atoms with E-state index in [0.29, 0.717) is 6.54 Å².